The van der Waals surface area contributed by atoms with Crippen LogP contribution in [-0.2, 0) is 4.79 Å². The second-order valence-electron chi connectivity index (χ2n) is 15.1. The lowest BCUT2D eigenvalue weighted by atomic mass is 10.0. The van der Waals surface area contributed by atoms with Crippen LogP contribution in [0.25, 0.3) is 0 Å². The third-order valence-corrected chi connectivity index (χ3v) is 10.3. The summed E-state index contributed by atoms with van der Waals surface area (Å²) in [5, 5.41) is 23.2. The van der Waals surface area contributed by atoms with E-state index >= 15 is 0 Å². The Hall–Kier alpha value is -0.870. The zero-order chi connectivity index (χ0) is 35.0. The van der Waals surface area contributed by atoms with E-state index in [2.05, 4.69) is 31.3 Å². The van der Waals surface area contributed by atoms with Gasteiger partial charge < -0.3 is 15.5 Å². The molecule has 0 bridgehead atoms. The number of nitrogens with one attached hydrogen (secondary N) is 1. The average molecular weight is 678 g/mol. The molecule has 1 amide bonds. The largest absolute Gasteiger partial charge is 0.394 e. The Labute approximate surface area is 301 Å². The fourth-order valence-corrected chi connectivity index (χ4v) is 6.89. The molecule has 0 aromatic rings. The van der Waals surface area contributed by atoms with Gasteiger partial charge in [-0.1, -0.05) is 212 Å². The minimum Gasteiger partial charge on any atom is -0.394 e. The Balaban J connectivity index is 3.50. The highest BCUT2D eigenvalue weighted by Crippen LogP contribution is 2.16. The SMILES string of the molecule is CCCCCCCCC/C=C\CCCCCCCC(=O)NC(CO)C(O)CCCCCCCCCCCCCCCCCCCCCC. The van der Waals surface area contributed by atoms with Gasteiger partial charge in [0.2, 0.25) is 5.91 Å². The van der Waals surface area contributed by atoms with E-state index in [-0.39, 0.29) is 12.5 Å². The molecule has 2 unspecified atom stereocenters. The quantitative estimate of drug-likeness (QED) is 0.0446. The van der Waals surface area contributed by atoms with Crippen LogP contribution in [-0.4, -0.2) is 34.9 Å². The predicted molar refractivity (Wildman–Crippen MR) is 212 cm³/mol. The second-order valence-corrected chi connectivity index (χ2v) is 15.1. The van der Waals surface area contributed by atoms with Crippen molar-refractivity contribution in [2.75, 3.05) is 6.61 Å². The van der Waals surface area contributed by atoms with E-state index in [4.69, 9.17) is 0 Å². The maximum absolute atomic E-state index is 12.4. The molecule has 4 nitrogen and oxygen atoms in total. The first-order valence-electron chi connectivity index (χ1n) is 21.9. The Morgan fingerprint density at radius 2 is 0.792 bits per heavy atom. The maximum atomic E-state index is 12.4. The molecule has 2 atom stereocenters. The lowest BCUT2D eigenvalue weighted by Crippen LogP contribution is -2.45. The minimum absolute atomic E-state index is 0.0371. The Bertz CT molecular complexity index is 651. The fraction of sp³-hybridized carbons (Fsp3) is 0.932. The van der Waals surface area contributed by atoms with Crippen molar-refractivity contribution in [2.45, 2.75) is 257 Å². The molecule has 48 heavy (non-hydrogen) atoms. The molecule has 0 aromatic carbocycles. The number of amides is 1. The molecular formula is C44H87NO3. The molecule has 0 aromatic heterocycles. The number of unbranched alkanes of at least 4 members (excludes halogenated alkanes) is 31. The first kappa shape index (κ1) is 47.1. The van der Waals surface area contributed by atoms with Crippen molar-refractivity contribution >= 4 is 5.91 Å². The first-order chi connectivity index (χ1) is 23.7. The predicted octanol–water partition coefficient (Wildman–Crippen LogP) is 13.5. The number of rotatable bonds is 40. The van der Waals surface area contributed by atoms with Crippen LogP contribution in [0.15, 0.2) is 12.2 Å². The summed E-state index contributed by atoms with van der Waals surface area (Å²) in [6.07, 6.45) is 50.0. The van der Waals surface area contributed by atoms with Gasteiger partial charge in [0.15, 0.2) is 0 Å². The van der Waals surface area contributed by atoms with Crippen LogP contribution in [0.4, 0.5) is 0 Å². The molecule has 0 fully saturated rings. The minimum atomic E-state index is -0.659. The van der Waals surface area contributed by atoms with E-state index < -0.39 is 12.1 Å². The average Bonchev–Trinajstić information content (AvgIpc) is 3.09. The molecule has 0 aliphatic heterocycles. The molecule has 0 radical (unpaired) electrons. The van der Waals surface area contributed by atoms with Crippen molar-refractivity contribution in [3.8, 4) is 0 Å². The van der Waals surface area contributed by atoms with Gasteiger partial charge in [-0.05, 0) is 38.5 Å². The molecule has 0 saturated carbocycles. The van der Waals surface area contributed by atoms with Crippen LogP contribution in [0.2, 0.25) is 0 Å². The van der Waals surface area contributed by atoms with Crippen molar-refractivity contribution in [3.05, 3.63) is 12.2 Å². The second kappa shape index (κ2) is 40.6. The Morgan fingerprint density at radius 1 is 0.479 bits per heavy atom. The Morgan fingerprint density at radius 3 is 1.15 bits per heavy atom. The van der Waals surface area contributed by atoms with E-state index in [1.54, 1.807) is 0 Å². The third kappa shape index (κ3) is 36.4. The van der Waals surface area contributed by atoms with Gasteiger partial charge in [0.1, 0.15) is 0 Å². The summed E-state index contributed by atoms with van der Waals surface area (Å²) in [6.45, 7) is 4.37. The van der Waals surface area contributed by atoms with Crippen molar-refractivity contribution in [3.63, 3.8) is 0 Å². The van der Waals surface area contributed by atoms with Crippen LogP contribution in [0.3, 0.4) is 0 Å². The first-order valence-corrected chi connectivity index (χ1v) is 21.9. The highest BCUT2D eigenvalue weighted by molar-refractivity contribution is 5.76. The lowest BCUT2D eigenvalue weighted by molar-refractivity contribution is -0.123. The van der Waals surface area contributed by atoms with Gasteiger partial charge in [-0.3, -0.25) is 4.79 Å². The molecular weight excluding hydrogens is 590 g/mol. The fourth-order valence-electron chi connectivity index (χ4n) is 6.89. The summed E-state index contributed by atoms with van der Waals surface area (Å²) in [6, 6.07) is -0.536. The monoisotopic (exact) mass is 678 g/mol. The van der Waals surface area contributed by atoms with Gasteiger partial charge in [0, 0.05) is 6.42 Å². The molecule has 286 valence electrons. The van der Waals surface area contributed by atoms with E-state index in [1.807, 2.05) is 0 Å². The summed E-state index contributed by atoms with van der Waals surface area (Å²) in [5.41, 5.74) is 0. The molecule has 0 heterocycles. The highest BCUT2D eigenvalue weighted by atomic mass is 16.3. The Kier molecular flexibility index (Phi) is 39.8. The van der Waals surface area contributed by atoms with Crippen LogP contribution >= 0.6 is 0 Å². The highest BCUT2D eigenvalue weighted by Gasteiger charge is 2.20. The molecule has 0 aliphatic carbocycles. The molecule has 0 rings (SSSR count). The van der Waals surface area contributed by atoms with Gasteiger partial charge in [-0.15, -0.1) is 0 Å². The molecule has 0 aliphatic rings. The number of aliphatic hydroxyl groups is 2. The standard InChI is InChI=1S/C44H87NO3/c1-3-5-7-9-11-13-15-17-19-21-22-23-24-25-27-29-31-33-35-37-39-43(47)42(41-46)45-44(48)40-38-36-34-32-30-28-26-20-18-16-14-12-10-8-6-4-2/h20,26,42-43,46-47H,3-19,21-25,27-41H2,1-2H3,(H,45,48)/b26-20-. The summed E-state index contributed by atoms with van der Waals surface area (Å²) in [4.78, 5) is 12.4. The molecule has 4 heteroatoms. The lowest BCUT2D eigenvalue weighted by Gasteiger charge is -2.22. The molecule has 3 N–H and O–H groups in total. The number of hydrogen-bond acceptors (Lipinski definition) is 3. The summed E-state index contributed by atoms with van der Waals surface area (Å²) in [5.74, 6) is -0.0371. The number of aliphatic hydroxyl groups excluding tert-OH is 2. The van der Waals surface area contributed by atoms with Gasteiger partial charge in [0.25, 0.3) is 0 Å². The van der Waals surface area contributed by atoms with Gasteiger partial charge >= 0.3 is 0 Å². The number of allylic oxidation sites excluding steroid dienone is 2. The molecule has 0 saturated heterocycles. The zero-order valence-corrected chi connectivity index (χ0v) is 32.8. The van der Waals surface area contributed by atoms with Crippen LogP contribution in [0.5, 0.6) is 0 Å². The van der Waals surface area contributed by atoms with Crippen molar-refractivity contribution < 1.29 is 15.0 Å². The van der Waals surface area contributed by atoms with Gasteiger partial charge in [-0.2, -0.15) is 0 Å². The zero-order valence-electron chi connectivity index (χ0n) is 32.8. The number of carbonyl (C=O) groups excluding carboxylic acids is 1. The third-order valence-electron chi connectivity index (χ3n) is 10.3. The maximum Gasteiger partial charge on any atom is 0.220 e. The van der Waals surface area contributed by atoms with Crippen molar-refractivity contribution in [2.24, 2.45) is 0 Å². The van der Waals surface area contributed by atoms with Crippen molar-refractivity contribution in [1.82, 2.24) is 5.32 Å². The van der Waals surface area contributed by atoms with Crippen molar-refractivity contribution in [1.29, 1.82) is 0 Å². The molecule has 0 spiro atoms. The number of hydrogen-bond donors (Lipinski definition) is 3. The smallest absolute Gasteiger partial charge is 0.220 e. The number of carbonyl (C=O) groups is 1. The van der Waals surface area contributed by atoms with Crippen LogP contribution in [0.1, 0.15) is 245 Å². The van der Waals surface area contributed by atoms with E-state index in [0.717, 1.165) is 25.7 Å². The van der Waals surface area contributed by atoms with E-state index in [9.17, 15) is 15.0 Å². The van der Waals surface area contributed by atoms with E-state index in [0.29, 0.717) is 12.8 Å². The van der Waals surface area contributed by atoms with E-state index in [1.165, 1.54) is 193 Å². The summed E-state index contributed by atoms with van der Waals surface area (Å²) < 4.78 is 0. The summed E-state index contributed by atoms with van der Waals surface area (Å²) >= 11 is 0. The van der Waals surface area contributed by atoms with Crippen LogP contribution in [0, 0.1) is 0 Å². The van der Waals surface area contributed by atoms with Gasteiger partial charge in [-0.25, -0.2) is 0 Å². The topological polar surface area (TPSA) is 69.6 Å². The summed E-state index contributed by atoms with van der Waals surface area (Å²) in [7, 11) is 0. The van der Waals surface area contributed by atoms with Crippen LogP contribution < -0.4 is 5.32 Å². The van der Waals surface area contributed by atoms with Gasteiger partial charge in [0.05, 0.1) is 18.8 Å². The normalized spacial score (nSPS) is 13.0.